The zero-order valence-corrected chi connectivity index (χ0v) is 16.4. The molecule has 0 spiro atoms. The minimum absolute atomic E-state index is 0. The summed E-state index contributed by atoms with van der Waals surface area (Å²) in [5.41, 5.74) is 7.72. The molecule has 2 aromatic carbocycles. The molecule has 0 aliphatic heterocycles. The number of amides is 1. The normalized spacial score (nSPS) is 11.4. The van der Waals surface area contributed by atoms with Gasteiger partial charge in [0, 0.05) is 5.69 Å². The lowest BCUT2D eigenvalue weighted by Crippen LogP contribution is -2.27. The number of benzene rings is 2. The van der Waals surface area contributed by atoms with Crippen molar-refractivity contribution in [3.63, 3.8) is 0 Å². The van der Waals surface area contributed by atoms with Gasteiger partial charge < -0.3 is 20.5 Å². The molecule has 0 saturated carbocycles. The summed E-state index contributed by atoms with van der Waals surface area (Å²) in [6, 6.07) is 12.5. The van der Waals surface area contributed by atoms with Crippen molar-refractivity contribution in [2.24, 2.45) is 5.92 Å². The maximum atomic E-state index is 12.4. The minimum atomic E-state index is -0.204. The first-order valence-electron chi connectivity index (χ1n) is 8.38. The van der Waals surface area contributed by atoms with Crippen LogP contribution in [0.15, 0.2) is 42.5 Å². The number of nitrogen functional groups attached to an aromatic ring is 1. The average Bonchev–Trinajstić information content (AvgIpc) is 2.59. The van der Waals surface area contributed by atoms with Crippen LogP contribution in [0.5, 0.6) is 11.5 Å². The van der Waals surface area contributed by atoms with Crippen molar-refractivity contribution in [1.82, 2.24) is 5.32 Å². The van der Waals surface area contributed by atoms with Gasteiger partial charge in [0.25, 0.3) is 5.91 Å². The van der Waals surface area contributed by atoms with Gasteiger partial charge in [0.05, 0.1) is 25.3 Å². The summed E-state index contributed by atoms with van der Waals surface area (Å²) in [5, 5.41) is 2.96. The van der Waals surface area contributed by atoms with Crippen LogP contribution >= 0.6 is 12.4 Å². The van der Waals surface area contributed by atoms with Crippen LogP contribution in [-0.2, 0) is 0 Å². The number of hydrogen-bond acceptors (Lipinski definition) is 4. The second kappa shape index (κ2) is 9.92. The van der Waals surface area contributed by atoms with Gasteiger partial charge >= 0.3 is 0 Å². The van der Waals surface area contributed by atoms with Crippen LogP contribution in [0.1, 0.15) is 42.7 Å². The number of methoxy groups -OCH3 is 1. The van der Waals surface area contributed by atoms with Crippen LogP contribution in [0.25, 0.3) is 0 Å². The van der Waals surface area contributed by atoms with Crippen molar-refractivity contribution in [1.29, 1.82) is 0 Å². The Morgan fingerprint density at radius 2 is 1.81 bits per heavy atom. The van der Waals surface area contributed by atoms with E-state index in [1.807, 2.05) is 25.1 Å². The van der Waals surface area contributed by atoms with Crippen molar-refractivity contribution >= 4 is 24.0 Å². The number of rotatable bonds is 7. The lowest BCUT2D eigenvalue weighted by atomic mass is 10.1. The van der Waals surface area contributed by atoms with Gasteiger partial charge in [-0.2, -0.15) is 0 Å². The molecule has 0 heterocycles. The number of nitrogens with one attached hydrogen (secondary N) is 1. The first-order chi connectivity index (χ1) is 11.9. The molecule has 3 N–H and O–H groups in total. The fourth-order valence-electron chi connectivity index (χ4n) is 2.39. The van der Waals surface area contributed by atoms with Gasteiger partial charge in [0.15, 0.2) is 11.5 Å². The van der Waals surface area contributed by atoms with E-state index in [1.54, 1.807) is 31.4 Å². The fourth-order valence-corrected chi connectivity index (χ4v) is 2.39. The smallest absolute Gasteiger partial charge is 0.253 e. The number of carbonyl (C=O) groups excluding carboxylic acids is 1. The number of hydrogen-bond donors (Lipinski definition) is 2. The monoisotopic (exact) mass is 378 g/mol. The third kappa shape index (κ3) is 5.56. The molecule has 1 amide bonds. The van der Waals surface area contributed by atoms with Gasteiger partial charge in [-0.1, -0.05) is 32.0 Å². The summed E-state index contributed by atoms with van der Waals surface area (Å²) in [5.74, 6) is 1.58. The van der Waals surface area contributed by atoms with Crippen LogP contribution in [0, 0.1) is 5.92 Å². The van der Waals surface area contributed by atoms with E-state index < -0.39 is 0 Å². The first kappa shape index (κ1) is 21.6. The molecule has 26 heavy (non-hydrogen) atoms. The Bertz CT molecular complexity index is 735. The molecule has 0 radical (unpaired) electrons. The highest BCUT2D eigenvalue weighted by Gasteiger charge is 2.15. The molecule has 6 heteroatoms. The third-order valence-electron chi connectivity index (χ3n) is 3.81. The molecule has 0 bridgehead atoms. The van der Waals surface area contributed by atoms with Gasteiger partial charge in [0.2, 0.25) is 0 Å². The Balaban J connectivity index is 0.00000338. The molecular weight excluding hydrogens is 352 g/mol. The summed E-state index contributed by atoms with van der Waals surface area (Å²) >= 11 is 0. The maximum Gasteiger partial charge on any atom is 0.253 e. The van der Waals surface area contributed by atoms with E-state index in [9.17, 15) is 4.79 Å². The molecule has 2 aromatic rings. The summed E-state index contributed by atoms with van der Waals surface area (Å²) < 4.78 is 11.2. The van der Waals surface area contributed by atoms with Crippen molar-refractivity contribution in [2.75, 3.05) is 19.5 Å². The van der Waals surface area contributed by atoms with Gasteiger partial charge in [-0.15, -0.1) is 12.4 Å². The highest BCUT2D eigenvalue weighted by Crippen LogP contribution is 2.30. The van der Waals surface area contributed by atoms with Gasteiger partial charge in [0.1, 0.15) is 0 Å². The Morgan fingerprint density at radius 3 is 2.42 bits per heavy atom. The van der Waals surface area contributed by atoms with Crippen molar-refractivity contribution in [3.05, 3.63) is 53.6 Å². The van der Waals surface area contributed by atoms with E-state index in [-0.39, 0.29) is 24.4 Å². The van der Waals surface area contributed by atoms with Gasteiger partial charge in [-0.25, -0.2) is 0 Å². The molecule has 1 unspecified atom stereocenters. The largest absolute Gasteiger partial charge is 0.493 e. The molecule has 2 rings (SSSR count). The number of para-hydroxylation sites is 1. The van der Waals surface area contributed by atoms with Crippen LogP contribution in [0.4, 0.5) is 5.69 Å². The van der Waals surface area contributed by atoms with E-state index >= 15 is 0 Å². The van der Waals surface area contributed by atoms with E-state index in [0.717, 1.165) is 5.56 Å². The molecule has 0 aliphatic carbocycles. The summed E-state index contributed by atoms with van der Waals surface area (Å²) in [7, 11) is 1.61. The number of halogens is 1. The number of nitrogens with two attached hydrogens (primary N) is 1. The highest BCUT2D eigenvalue weighted by atomic mass is 35.5. The topological polar surface area (TPSA) is 73.6 Å². The van der Waals surface area contributed by atoms with Crippen LogP contribution < -0.4 is 20.5 Å². The zero-order valence-electron chi connectivity index (χ0n) is 15.6. The summed E-state index contributed by atoms with van der Waals surface area (Å²) in [6.45, 7) is 6.72. The summed E-state index contributed by atoms with van der Waals surface area (Å²) in [6.07, 6.45) is 0. The first-order valence-corrected chi connectivity index (χ1v) is 8.38. The van der Waals surface area contributed by atoms with Crippen LogP contribution in [0.2, 0.25) is 0 Å². The van der Waals surface area contributed by atoms with Gasteiger partial charge in [-0.3, -0.25) is 4.79 Å². The predicted molar refractivity (Wildman–Crippen MR) is 107 cm³/mol. The molecule has 5 nitrogen and oxygen atoms in total. The van der Waals surface area contributed by atoms with E-state index in [1.165, 1.54) is 0 Å². The predicted octanol–water partition coefficient (Wildman–Crippen LogP) is 4.23. The Morgan fingerprint density at radius 1 is 1.12 bits per heavy atom. The minimum Gasteiger partial charge on any atom is -0.493 e. The van der Waals surface area contributed by atoms with Gasteiger partial charge in [-0.05, 0) is 42.7 Å². The lowest BCUT2D eigenvalue weighted by molar-refractivity contribution is 0.0940. The standard InChI is InChI=1S/C20H26N2O3.ClH/c1-13(2)12-25-18-10-9-15(11-19(18)24-4)14(3)22-20(23)16-7-5-6-8-17(16)21;/h5-11,13-14H,12,21H2,1-4H3,(H,22,23);1H. The van der Waals surface area contributed by atoms with Crippen molar-refractivity contribution in [2.45, 2.75) is 26.8 Å². The Labute approximate surface area is 161 Å². The van der Waals surface area contributed by atoms with Crippen LogP contribution in [-0.4, -0.2) is 19.6 Å². The molecular formula is C20H27ClN2O3. The van der Waals surface area contributed by atoms with Crippen molar-refractivity contribution in [3.8, 4) is 11.5 Å². The fraction of sp³-hybridized carbons (Fsp3) is 0.350. The molecule has 1 atom stereocenters. The van der Waals surface area contributed by atoms with E-state index in [0.29, 0.717) is 35.3 Å². The molecule has 0 aromatic heterocycles. The van der Waals surface area contributed by atoms with Crippen LogP contribution in [0.3, 0.4) is 0 Å². The number of ether oxygens (including phenoxy) is 2. The second-order valence-corrected chi connectivity index (χ2v) is 6.40. The van der Waals surface area contributed by atoms with Crippen molar-refractivity contribution < 1.29 is 14.3 Å². The third-order valence-corrected chi connectivity index (χ3v) is 3.81. The average molecular weight is 379 g/mol. The molecule has 142 valence electrons. The quantitative estimate of drug-likeness (QED) is 0.707. The molecule has 0 fully saturated rings. The summed E-state index contributed by atoms with van der Waals surface area (Å²) in [4.78, 5) is 12.4. The lowest BCUT2D eigenvalue weighted by Gasteiger charge is -2.18. The zero-order chi connectivity index (χ0) is 18.4. The van der Waals surface area contributed by atoms with E-state index in [4.69, 9.17) is 15.2 Å². The molecule has 0 saturated heterocycles. The van der Waals surface area contributed by atoms with E-state index in [2.05, 4.69) is 19.2 Å². The maximum absolute atomic E-state index is 12.4. The Kier molecular flexibility index (Phi) is 8.26. The molecule has 0 aliphatic rings. The SMILES string of the molecule is COc1cc(C(C)NC(=O)c2ccccc2N)ccc1OCC(C)C.Cl. The number of anilines is 1. The highest BCUT2D eigenvalue weighted by molar-refractivity contribution is 5.99. The Hall–Kier alpha value is -2.40. The second-order valence-electron chi connectivity index (χ2n) is 6.40. The number of carbonyl (C=O) groups is 1.